The molecule has 1 N–H and O–H groups in total. The highest BCUT2D eigenvalue weighted by Gasteiger charge is 2.19. The SMILES string of the molecule is CC(Sc1nc2cnccc2n1Cc1ccc(Br)c2ccccc12)C(=O)O. The summed E-state index contributed by atoms with van der Waals surface area (Å²) in [6, 6.07) is 14.3. The number of thioether (sulfide) groups is 1. The molecule has 0 aliphatic rings. The summed E-state index contributed by atoms with van der Waals surface area (Å²) in [5, 5.41) is 11.7. The molecular weight excluding hydrogens is 426 g/mol. The van der Waals surface area contributed by atoms with Crippen LogP contribution in [0.4, 0.5) is 0 Å². The molecule has 136 valence electrons. The van der Waals surface area contributed by atoms with Crippen molar-refractivity contribution in [2.75, 3.05) is 0 Å². The largest absolute Gasteiger partial charge is 0.480 e. The van der Waals surface area contributed by atoms with Gasteiger partial charge in [-0.25, -0.2) is 4.98 Å². The number of fused-ring (bicyclic) bond motifs is 2. The van der Waals surface area contributed by atoms with Crippen molar-refractivity contribution in [1.82, 2.24) is 14.5 Å². The number of imidazole rings is 1. The van der Waals surface area contributed by atoms with Gasteiger partial charge in [0.15, 0.2) is 5.16 Å². The van der Waals surface area contributed by atoms with E-state index < -0.39 is 11.2 Å². The van der Waals surface area contributed by atoms with Crippen LogP contribution in [0.2, 0.25) is 0 Å². The number of carbonyl (C=O) groups is 1. The van der Waals surface area contributed by atoms with Crippen molar-refractivity contribution in [3.05, 3.63) is 64.9 Å². The number of benzene rings is 2. The third-order valence-corrected chi connectivity index (χ3v) is 6.20. The third-order valence-electron chi connectivity index (χ3n) is 4.44. The first-order valence-corrected chi connectivity index (χ1v) is 10.1. The van der Waals surface area contributed by atoms with Crippen molar-refractivity contribution < 1.29 is 9.90 Å². The maximum atomic E-state index is 11.3. The average molecular weight is 442 g/mol. The number of aliphatic carboxylic acids is 1. The van der Waals surface area contributed by atoms with Crippen LogP contribution in [-0.2, 0) is 11.3 Å². The van der Waals surface area contributed by atoms with E-state index in [4.69, 9.17) is 0 Å². The van der Waals surface area contributed by atoms with E-state index in [2.05, 4.69) is 48.7 Å². The Hall–Kier alpha value is -2.38. The Balaban J connectivity index is 1.84. The number of halogens is 1. The standard InChI is InChI=1S/C20H16BrN3O2S/c1-12(19(25)26)27-20-23-17-10-22-9-8-18(17)24(20)11-13-6-7-16(21)15-5-3-2-4-14(13)15/h2-10,12H,11H2,1H3,(H,25,26). The van der Waals surface area contributed by atoms with Crippen LogP contribution in [-0.4, -0.2) is 30.9 Å². The molecule has 0 bridgehead atoms. The van der Waals surface area contributed by atoms with Gasteiger partial charge in [0.05, 0.1) is 18.3 Å². The molecule has 0 radical (unpaired) electrons. The van der Waals surface area contributed by atoms with Crippen LogP contribution < -0.4 is 0 Å². The summed E-state index contributed by atoms with van der Waals surface area (Å²) in [6.45, 7) is 2.27. The number of hydrogen-bond acceptors (Lipinski definition) is 4. The fraction of sp³-hybridized carbons (Fsp3) is 0.150. The van der Waals surface area contributed by atoms with Crippen molar-refractivity contribution in [3.63, 3.8) is 0 Å². The third kappa shape index (κ3) is 3.44. The number of carboxylic acid groups (broad SMARTS) is 1. The second kappa shape index (κ2) is 7.32. The van der Waals surface area contributed by atoms with Crippen LogP contribution in [0.5, 0.6) is 0 Å². The van der Waals surface area contributed by atoms with Crippen LogP contribution in [0, 0.1) is 0 Å². The molecule has 7 heteroatoms. The molecule has 1 unspecified atom stereocenters. The molecule has 27 heavy (non-hydrogen) atoms. The fourth-order valence-electron chi connectivity index (χ4n) is 3.04. The molecule has 5 nitrogen and oxygen atoms in total. The average Bonchev–Trinajstić information content (AvgIpc) is 3.01. The molecule has 2 aromatic carbocycles. The highest BCUT2D eigenvalue weighted by molar-refractivity contribution is 9.10. The normalized spacial score (nSPS) is 12.5. The van der Waals surface area contributed by atoms with E-state index in [0.717, 1.165) is 31.8 Å². The molecule has 0 spiro atoms. The lowest BCUT2D eigenvalue weighted by Gasteiger charge is -2.13. The number of carboxylic acids is 1. The second-order valence-electron chi connectivity index (χ2n) is 6.20. The maximum Gasteiger partial charge on any atom is 0.316 e. The number of pyridine rings is 1. The zero-order valence-corrected chi connectivity index (χ0v) is 16.9. The summed E-state index contributed by atoms with van der Waals surface area (Å²) in [5.74, 6) is -0.856. The van der Waals surface area contributed by atoms with Crippen molar-refractivity contribution in [2.45, 2.75) is 23.9 Å². The zero-order chi connectivity index (χ0) is 19.0. The number of hydrogen-bond donors (Lipinski definition) is 1. The van der Waals surface area contributed by atoms with Crippen LogP contribution in [0.15, 0.2) is 64.5 Å². The maximum absolute atomic E-state index is 11.3. The Morgan fingerprint density at radius 1 is 1.22 bits per heavy atom. The van der Waals surface area contributed by atoms with Gasteiger partial charge >= 0.3 is 5.97 Å². The lowest BCUT2D eigenvalue weighted by Crippen LogP contribution is -2.13. The predicted octanol–water partition coefficient (Wildman–Crippen LogP) is 4.96. The molecule has 4 rings (SSSR count). The number of aromatic nitrogens is 3. The Morgan fingerprint density at radius 3 is 2.78 bits per heavy atom. The van der Waals surface area contributed by atoms with Gasteiger partial charge in [-0.05, 0) is 35.4 Å². The summed E-state index contributed by atoms with van der Waals surface area (Å²) in [5.41, 5.74) is 2.85. The molecular formula is C20H16BrN3O2S. The molecule has 0 amide bonds. The van der Waals surface area contributed by atoms with E-state index >= 15 is 0 Å². The quantitative estimate of drug-likeness (QED) is 0.443. The van der Waals surface area contributed by atoms with Crippen molar-refractivity contribution in [3.8, 4) is 0 Å². The highest BCUT2D eigenvalue weighted by Crippen LogP contribution is 2.31. The smallest absolute Gasteiger partial charge is 0.316 e. The minimum Gasteiger partial charge on any atom is -0.480 e. The van der Waals surface area contributed by atoms with Gasteiger partial charge in [0.2, 0.25) is 0 Å². The lowest BCUT2D eigenvalue weighted by molar-refractivity contribution is -0.136. The van der Waals surface area contributed by atoms with Crippen molar-refractivity contribution in [1.29, 1.82) is 0 Å². The van der Waals surface area contributed by atoms with Gasteiger partial charge in [0, 0.05) is 10.7 Å². The Bertz CT molecular complexity index is 1160. The molecule has 0 aliphatic carbocycles. The van der Waals surface area contributed by atoms with Crippen LogP contribution in [0.25, 0.3) is 21.8 Å². The highest BCUT2D eigenvalue weighted by atomic mass is 79.9. The van der Waals surface area contributed by atoms with Crippen LogP contribution in [0.3, 0.4) is 0 Å². The van der Waals surface area contributed by atoms with Gasteiger partial charge in [-0.3, -0.25) is 9.78 Å². The Kier molecular flexibility index (Phi) is 4.88. The van der Waals surface area contributed by atoms with Gasteiger partial charge in [-0.1, -0.05) is 58.0 Å². The lowest BCUT2D eigenvalue weighted by atomic mass is 10.0. The molecule has 2 heterocycles. The van der Waals surface area contributed by atoms with E-state index in [0.29, 0.717) is 11.7 Å². The van der Waals surface area contributed by atoms with Gasteiger partial charge < -0.3 is 9.67 Å². The van der Waals surface area contributed by atoms with Gasteiger partial charge in [-0.15, -0.1) is 0 Å². The van der Waals surface area contributed by atoms with Gasteiger partial charge in [0.1, 0.15) is 10.8 Å². The first-order chi connectivity index (χ1) is 13.0. The Morgan fingerprint density at radius 2 is 2.00 bits per heavy atom. The first-order valence-electron chi connectivity index (χ1n) is 8.40. The Labute approximate surface area is 168 Å². The predicted molar refractivity (Wildman–Crippen MR) is 111 cm³/mol. The summed E-state index contributed by atoms with van der Waals surface area (Å²) >= 11 is 4.86. The molecule has 0 aliphatic heterocycles. The first kappa shape index (κ1) is 18.0. The molecule has 2 aromatic heterocycles. The van der Waals surface area contributed by atoms with Crippen molar-refractivity contribution >= 4 is 55.5 Å². The molecule has 1 atom stereocenters. The zero-order valence-electron chi connectivity index (χ0n) is 14.5. The molecule has 0 saturated carbocycles. The molecule has 4 aromatic rings. The van der Waals surface area contributed by atoms with E-state index in [1.54, 1.807) is 19.3 Å². The summed E-state index contributed by atoms with van der Waals surface area (Å²) in [4.78, 5) is 20.1. The minimum absolute atomic E-state index is 0.588. The summed E-state index contributed by atoms with van der Waals surface area (Å²) in [6.07, 6.45) is 3.44. The molecule has 0 fully saturated rings. The number of nitrogens with zero attached hydrogens (tertiary/aromatic N) is 3. The van der Waals surface area contributed by atoms with E-state index in [9.17, 15) is 9.90 Å². The summed E-state index contributed by atoms with van der Waals surface area (Å²) < 4.78 is 3.12. The van der Waals surface area contributed by atoms with Crippen LogP contribution in [0.1, 0.15) is 12.5 Å². The fourth-order valence-corrected chi connectivity index (χ4v) is 4.38. The van der Waals surface area contributed by atoms with E-state index in [1.165, 1.54) is 11.8 Å². The van der Waals surface area contributed by atoms with E-state index in [1.807, 2.05) is 24.3 Å². The van der Waals surface area contributed by atoms with E-state index in [-0.39, 0.29) is 0 Å². The van der Waals surface area contributed by atoms with Gasteiger partial charge in [0.25, 0.3) is 0 Å². The number of rotatable bonds is 5. The van der Waals surface area contributed by atoms with Crippen molar-refractivity contribution in [2.24, 2.45) is 0 Å². The monoisotopic (exact) mass is 441 g/mol. The van der Waals surface area contributed by atoms with Gasteiger partial charge in [-0.2, -0.15) is 0 Å². The van der Waals surface area contributed by atoms with Crippen LogP contribution >= 0.6 is 27.7 Å². The second-order valence-corrected chi connectivity index (χ2v) is 8.36. The minimum atomic E-state index is -0.856. The topological polar surface area (TPSA) is 68.0 Å². The summed E-state index contributed by atoms with van der Waals surface area (Å²) in [7, 11) is 0. The molecule has 0 saturated heterocycles.